The highest BCUT2D eigenvalue weighted by molar-refractivity contribution is 5.96. The van der Waals surface area contributed by atoms with E-state index in [4.69, 9.17) is 9.47 Å². The molecule has 3 rings (SSSR count). The predicted molar refractivity (Wildman–Crippen MR) is 110 cm³/mol. The molecule has 1 N–H and O–H groups in total. The predicted octanol–water partition coefficient (Wildman–Crippen LogP) is 4.35. The molecular weight excluding hydrogens is 352 g/mol. The van der Waals surface area contributed by atoms with Gasteiger partial charge in [-0.3, -0.25) is 4.79 Å². The molecule has 0 fully saturated rings. The smallest absolute Gasteiger partial charge is 0.271 e. The van der Waals surface area contributed by atoms with Crippen molar-refractivity contribution in [1.29, 1.82) is 0 Å². The highest BCUT2D eigenvalue weighted by Gasteiger charge is 2.07. The number of aryl methyl sites for hydroxylation is 1. The van der Waals surface area contributed by atoms with Gasteiger partial charge in [-0.1, -0.05) is 48.5 Å². The maximum atomic E-state index is 12.2. The first kappa shape index (κ1) is 19.2. The normalized spacial score (nSPS) is 10.6. The van der Waals surface area contributed by atoms with Gasteiger partial charge in [-0.15, -0.1) is 0 Å². The van der Waals surface area contributed by atoms with Crippen molar-refractivity contribution in [3.05, 3.63) is 95.1 Å². The number of carbonyl (C=O) groups excluding carboxylic acids is 1. The number of benzene rings is 3. The Balaban J connectivity index is 1.63. The lowest BCUT2D eigenvalue weighted by Crippen LogP contribution is -2.18. The van der Waals surface area contributed by atoms with Gasteiger partial charge in [-0.05, 0) is 47.9 Å². The summed E-state index contributed by atoms with van der Waals surface area (Å²) < 4.78 is 11.3. The van der Waals surface area contributed by atoms with Crippen molar-refractivity contribution >= 4 is 12.1 Å². The number of amides is 1. The molecule has 142 valence electrons. The van der Waals surface area contributed by atoms with Crippen LogP contribution in [0.1, 0.15) is 27.0 Å². The molecule has 0 saturated carbocycles. The average Bonchev–Trinajstić information content (AvgIpc) is 2.73. The molecule has 5 heteroatoms. The lowest BCUT2D eigenvalue weighted by molar-refractivity contribution is 0.0954. The van der Waals surface area contributed by atoms with Crippen LogP contribution in [0, 0.1) is 6.92 Å². The Bertz CT molecular complexity index is 969. The van der Waals surface area contributed by atoms with Gasteiger partial charge in [-0.25, -0.2) is 5.43 Å². The number of carbonyl (C=O) groups is 1. The number of methoxy groups -OCH3 is 1. The molecule has 0 bridgehead atoms. The van der Waals surface area contributed by atoms with Crippen LogP contribution < -0.4 is 14.9 Å². The first-order valence-electron chi connectivity index (χ1n) is 8.91. The Hall–Kier alpha value is -3.60. The second-order valence-electron chi connectivity index (χ2n) is 6.20. The summed E-state index contributed by atoms with van der Waals surface area (Å²) in [6, 6.07) is 22.8. The molecule has 0 aliphatic carbocycles. The van der Waals surface area contributed by atoms with Crippen LogP contribution in [0.5, 0.6) is 11.5 Å². The van der Waals surface area contributed by atoms with E-state index >= 15 is 0 Å². The molecule has 1 amide bonds. The number of nitrogens with zero attached hydrogens (tertiary/aromatic N) is 1. The summed E-state index contributed by atoms with van der Waals surface area (Å²) in [6.07, 6.45) is 1.57. The molecule has 0 aliphatic rings. The Labute approximate surface area is 164 Å². The topological polar surface area (TPSA) is 59.9 Å². The first-order valence-corrected chi connectivity index (χ1v) is 8.91. The second kappa shape index (κ2) is 9.37. The lowest BCUT2D eigenvalue weighted by Gasteiger charge is -2.11. The Kier molecular flexibility index (Phi) is 6.41. The lowest BCUT2D eigenvalue weighted by atomic mass is 10.1. The molecule has 0 heterocycles. The fraction of sp³-hybridized carbons (Fsp3) is 0.130. The van der Waals surface area contributed by atoms with Gasteiger partial charge in [-0.2, -0.15) is 5.10 Å². The molecule has 0 radical (unpaired) electrons. The third-order valence-electron chi connectivity index (χ3n) is 4.19. The molecule has 0 spiro atoms. The van der Waals surface area contributed by atoms with Gasteiger partial charge < -0.3 is 9.47 Å². The van der Waals surface area contributed by atoms with E-state index in [-0.39, 0.29) is 5.91 Å². The van der Waals surface area contributed by atoms with Crippen molar-refractivity contribution in [2.45, 2.75) is 13.5 Å². The van der Waals surface area contributed by atoms with Gasteiger partial charge in [0, 0.05) is 5.56 Å². The zero-order chi connectivity index (χ0) is 19.8. The van der Waals surface area contributed by atoms with E-state index in [2.05, 4.69) is 10.5 Å². The number of hydrazone groups is 1. The van der Waals surface area contributed by atoms with E-state index in [1.807, 2.05) is 73.7 Å². The van der Waals surface area contributed by atoms with Gasteiger partial charge in [0.2, 0.25) is 0 Å². The number of hydrogen-bond donors (Lipinski definition) is 1. The second-order valence-corrected chi connectivity index (χ2v) is 6.20. The van der Waals surface area contributed by atoms with Crippen LogP contribution >= 0.6 is 0 Å². The van der Waals surface area contributed by atoms with Gasteiger partial charge in [0.25, 0.3) is 5.91 Å². The average molecular weight is 374 g/mol. The highest BCUT2D eigenvalue weighted by atomic mass is 16.5. The molecule has 3 aromatic rings. The van der Waals surface area contributed by atoms with Gasteiger partial charge in [0.05, 0.1) is 13.3 Å². The summed E-state index contributed by atoms with van der Waals surface area (Å²) >= 11 is 0. The summed E-state index contributed by atoms with van der Waals surface area (Å²) in [5.41, 5.74) is 5.91. The van der Waals surface area contributed by atoms with Crippen molar-refractivity contribution in [2.24, 2.45) is 5.10 Å². The monoisotopic (exact) mass is 374 g/mol. The van der Waals surface area contributed by atoms with E-state index in [0.717, 1.165) is 16.7 Å². The van der Waals surface area contributed by atoms with Crippen LogP contribution in [0.15, 0.2) is 77.9 Å². The van der Waals surface area contributed by atoms with E-state index < -0.39 is 0 Å². The van der Waals surface area contributed by atoms with Crippen molar-refractivity contribution < 1.29 is 14.3 Å². The molecule has 0 atom stereocenters. The fourth-order valence-corrected chi connectivity index (χ4v) is 2.67. The molecule has 5 nitrogen and oxygen atoms in total. The minimum Gasteiger partial charge on any atom is -0.493 e. The highest BCUT2D eigenvalue weighted by Crippen LogP contribution is 2.28. The molecule has 0 saturated heterocycles. The van der Waals surface area contributed by atoms with Gasteiger partial charge in [0.1, 0.15) is 6.61 Å². The summed E-state index contributed by atoms with van der Waals surface area (Å²) in [4.78, 5) is 12.2. The zero-order valence-corrected chi connectivity index (χ0v) is 15.9. The summed E-state index contributed by atoms with van der Waals surface area (Å²) in [6.45, 7) is 2.34. The summed E-state index contributed by atoms with van der Waals surface area (Å²) in [5.74, 6) is 1.00. The van der Waals surface area contributed by atoms with Crippen molar-refractivity contribution in [2.75, 3.05) is 7.11 Å². The van der Waals surface area contributed by atoms with Gasteiger partial charge in [0.15, 0.2) is 11.5 Å². The fourth-order valence-electron chi connectivity index (χ4n) is 2.67. The van der Waals surface area contributed by atoms with E-state index in [0.29, 0.717) is 23.7 Å². The number of rotatable bonds is 7. The summed E-state index contributed by atoms with van der Waals surface area (Å²) in [5, 5.41) is 4.04. The molecule has 0 aromatic heterocycles. The summed E-state index contributed by atoms with van der Waals surface area (Å²) in [7, 11) is 1.59. The largest absolute Gasteiger partial charge is 0.493 e. The number of nitrogens with one attached hydrogen (secondary N) is 1. The molecule has 3 aromatic carbocycles. The number of hydrogen-bond acceptors (Lipinski definition) is 4. The van der Waals surface area contributed by atoms with E-state index in [9.17, 15) is 4.79 Å². The Morgan fingerprint density at radius 1 is 1.00 bits per heavy atom. The van der Waals surface area contributed by atoms with Crippen molar-refractivity contribution in [3.63, 3.8) is 0 Å². The van der Waals surface area contributed by atoms with Crippen molar-refractivity contribution in [1.82, 2.24) is 5.43 Å². The maximum absolute atomic E-state index is 12.2. The molecule has 0 unspecified atom stereocenters. The third-order valence-corrected chi connectivity index (χ3v) is 4.19. The minimum absolute atomic E-state index is 0.246. The SMILES string of the molecule is COc1cc(C=NNC(=O)c2ccccc2C)ccc1OCc1ccccc1. The number of ether oxygens (including phenoxy) is 2. The quantitative estimate of drug-likeness (QED) is 0.494. The van der Waals surface area contributed by atoms with Crippen molar-refractivity contribution in [3.8, 4) is 11.5 Å². The first-order chi connectivity index (χ1) is 13.7. The Morgan fingerprint density at radius 3 is 2.50 bits per heavy atom. The van der Waals surface area contributed by atoms with Crippen LogP contribution in [0.25, 0.3) is 0 Å². The van der Waals surface area contributed by atoms with Crippen LogP contribution in [0.4, 0.5) is 0 Å². The van der Waals surface area contributed by atoms with Crippen LogP contribution in [0.3, 0.4) is 0 Å². The molecule has 28 heavy (non-hydrogen) atoms. The maximum Gasteiger partial charge on any atom is 0.271 e. The zero-order valence-electron chi connectivity index (χ0n) is 15.9. The third kappa shape index (κ3) is 4.98. The van der Waals surface area contributed by atoms with Crippen LogP contribution in [-0.4, -0.2) is 19.2 Å². The molecule has 0 aliphatic heterocycles. The van der Waals surface area contributed by atoms with Gasteiger partial charge >= 0.3 is 0 Å². The van der Waals surface area contributed by atoms with E-state index in [1.165, 1.54) is 0 Å². The molecular formula is C23H22N2O3. The minimum atomic E-state index is -0.246. The van der Waals surface area contributed by atoms with Crippen LogP contribution in [-0.2, 0) is 6.61 Å². The standard InChI is InChI=1S/C23H22N2O3/c1-17-8-6-7-11-20(17)23(26)25-24-15-19-12-13-21(22(14-19)27-2)28-16-18-9-4-3-5-10-18/h3-15H,16H2,1-2H3,(H,25,26). The van der Waals surface area contributed by atoms with Crippen LogP contribution in [0.2, 0.25) is 0 Å². The Morgan fingerprint density at radius 2 is 1.75 bits per heavy atom. The van der Waals surface area contributed by atoms with E-state index in [1.54, 1.807) is 19.4 Å².